The molecule has 0 aromatic carbocycles. The summed E-state index contributed by atoms with van der Waals surface area (Å²) in [4.78, 5) is 10.9. The van der Waals surface area contributed by atoms with Crippen LogP contribution in [0.25, 0.3) is 0 Å². The average molecular weight is 189 g/mol. The summed E-state index contributed by atoms with van der Waals surface area (Å²) < 4.78 is 14.9. The molecule has 5 heteroatoms. The van der Waals surface area contributed by atoms with Crippen LogP contribution >= 0.6 is 0 Å². The smallest absolute Gasteiger partial charge is 0.322 e. The number of ether oxygens (including phenoxy) is 3. The Hall–Kier alpha value is -0.650. The fraction of sp³-hybridized carbons (Fsp3) is 0.875. The topological polar surface area (TPSA) is 70.8 Å². The number of carbonyl (C=O) groups excluding carboxylic acids is 1. The number of esters is 1. The highest BCUT2D eigenvalue weighted by molar-refractivity contribution is 5.75. The molecule has 1 saturated heterocycles. The molecule has 5 nitrogen and oxygen atoms in total. The lowest BCUT2D eigenvalue weighted by atomic mass is 10.1. The molecule has 1 fully saturated rings. The summed E-state index contributed by atoms with van der Waals surface area (Å²) in [6.07, 6.45) is 0.962. The van der Waals surface area contributed by atoms with Crippen molar-refractivity contribution in [1.82, 2.24) is 0 Å². The molecule has 1 rings (SSSR count). The Labute approximate surface area is 77.1 Å². The first-order valence-corrected chi connectivity index (χ1v) is 4.30. The van der Waals surface area contributed by atoms with Crippen LogP contribution < -0.4 is 5.73 Å². The van der Waals surface area contributed by atoms with Crippen molar-refractivity contribution in [3.05, 3.63) is 0 Å². The van der Waals surface area contributed by atoms with Gasteiger partial charge in [-0.25, -0.2) is 0 Å². The predicted molar refractivity (Wildman–Crippen MR) is 44.9 cm³/mol. The van der Waals surface area contributed by atoms with Gasteiger partial charge in [-0.2, -0.15) is 0 Å². The minimum atomic E-state index is -0.571. The van der Waals surface area contributed by atoms with Gasteiger partial charge in [-0.05, 0) is 6.42 Å². The summed E-state index contributed by atoms with van der Waals surface area (Å²) in [6, 6.07) is -0.571. The molecule has 1 aliphatic rings. The quantitative estimate of drug-likeness (QED) is 0.611. The van der Waals surface area contributed by atoms with E-state index in [1.54, 1.807) is 0 Å². The van der Waals surface area contributed by atoms with Crippen molar-refractivity contribution in [2.24, 2.45) is 5.73 Å². The minimum absolute atomic E-state index is 0.198. The Bertz CT molecular complexity index is 168. The van der Waals surface area contributed by atoms with Gasteiger partial charge in [0.25, 0.3) is 0 Å². The third kappa shape index (κ3) is 3.30. The van der Waals surface area contributed by atoms with Gasteiger partial charge in [0, 0.05) is 6.42 Å². The second-order valence-electron chi connectivity index (χ2n) is 2.88. The monoisotopic (exact) mass is 189 g/mol. The third-order valence-electron chi connectivity index (χ3n) is 1.91. The second kappa shape index (κ2) is 5.16. The number of carbonyl (C=O) groups is 1. The van der Waals surface area contributed by atoms with E-state index in [0.29, 0.717) is 26.1 Å². The van der Waals surface area contributed by atoms with Crippen molar-refractivity contribution >= 4 is 5.97 Å². The van der Waals surface area contributed by atoms with E-state index < -0.39 is 12.0 Å². The molecule has 76 valence electrons. The first-order valence-electron chi connectivity index (χ1n) is 4.30. The van der Waals surface area contributed by atoms with Crippen LogP contribution in [0.5, 0.6) is 0 Å². The summed E-state index contributed by atoms with van der Waals surface area (Å²) in [7, 11) is 1.32. The van der Waals surface area contributed by atoms with Gasteiger partial charge in [-0.1, -0.05) is 0 Å². The summed E-state index contributed by atoms with van der Waals surface area (Å²) in [6.45, 7) is 1.25. The van der Waals surface area contributed by atoms with Crippen molar-refractivity contribution in [2.45, 2.75) is 25.2 Å². The summed E-state index contributed by atoms with van der Waals surface area (Å²) in [5, 5.41) is 0. The van der Waals surface area contributed by atoms with E-state index in [-0.39, 0.29) is 6.29 Å². The lowest BCUT2D eigenvalue weighted by molar-refractivity contribution is -0.142. The van der Waals surface area contributed by atoms with Gasteiger partial charge in [-0.15, -0.1) is 0 Å². The minimum Gasteiger partial charge on any atom is -0.468 e. The molecule has 1 aliphatic heterocycles. The first-order chi connectivity index (χ1) is 6.24. The number of hydrogen-bond donors (Lipinski definition) is 1. The van der Waals surface area contributed by atoms with Crippen molar-refractivity contribution < 1.29 is 19.0 Å². The maximum Gasteiger partial charge on any atom is 0.322 e. The van der Waals surface area contributed by atoms with E-state index in [1.807, 2.05) is 0 Å². The van der Waals surface area contributed by atoms with E-state index in [1.165, 1.54) is 7.11 Å². The molecule has 0 radical (unpaired) electrons. The zero-order valence-electron chi connectivity index (χ0n) is 7.69. The zero-order chi connectivity index (χ0) is 9.68. The van der Waals surface area contributed by atoms with Crippen LogP contribution in [0.1, 0.15) is 12.8 Å². The third-order valence-corrected chi connectivity index (χ3v) is 1.91. The van der Waals surface area contributed by atoms with Gasteiger partial charge in [0.15, 0.2) is 6.29 Å². The molecule has 1 atom stereocenters. The highest BCUT2D eigenvalue weighted by Crippen LogP contribution is 2.11. The molecular weight excluding hydrogens is 174 g/mol. The van der Waals surface area contributed by atoms with E-state index in [2.05, 4.69) is 4.74 Å². The molecule has 0 amide bonds. The maximum atomic E-state index is 10.9. The molecule has 2 N–H and O–H groups in total. The predicted octanol–water partition coefficient (Wildman–Crippen LogP) is -0.360. The van der Waals surface area contributed by atoms with Gasteiger partial charge < -0.3 is 19.9 Å². The lowest BCUT2D eigenvalue weighted by Crippen LogP contribution is -2.32. The molecule has 0 saturated carbocycles. The highest BCUT2D eigenvalue weighted by atomic mass is 16.7. The fourth-order valence-electron chi connectivity index (χ4n) is 1.16. The normalized spacial score (nSPS) is 20.2. The van der Waals surface area contributed by atoms with Crippen LogP contribution in [0.4, 0.5) is 0 Å². The molecule has 0 bridgehead atoms. The Morgan fingerprint density at radius 1 is 1.62 bits per heavy atom. The largest absolute Gasteiger partial charge is 0.468 e. The summed E-state index contributed by atoms with van der Waals surface area (Å²) in [5.74, 6) is -0.391. The van der Waals surface area contributed by atoms with Crippen LogP contribution in [-0.2, 0) is 19.0 Å². The van der Waals surface area contributed by atoms with Gasteiger partial charge >= 0.3 is 5.97 Å². The molecule has 1 heterocycles. The SMILES string of the molecule is COC(=O)[C@H](N)CCC1OCCO1. The summed E-state index contributed by atoms with van der Waals surface area (Å²) >= 11 is 0. The van der Waals surface area contributed by atoms with Crippen LogP contribution in [-0.4, -0.2) is 38.6 Å². The standard InChI is InChI=1S/C8H15NO4/c1-11-8(10)6(9)2-3-7-12-4-5-13-7/h6-7H,2-5,9H2,1H3/t6-/m1/s1. The second-order valence-corrected chi connectivity index (χ2v) is 2.88. The van der Waals surface area contributed by atoms with Crippen LogP contribution in [0.2, 0.25) is 0 Å². The van der Waals surface area contributed by atoms with Gasteiger partial charge in [0.2, 0.25) is 0 Å². The molecule has 0 spiro atoms. The zero-order valence-corrected chi connectivity index (χ0v) is 7.69. The Morgan fingerprint density at radius 2 is 2.23 bits per heavy atom. The average Bonchev–Trinajstić information content (AvgIpc) is 2.65. The molecular formula is C8H15NO4. The van der Waals surface area contributed by atoms with Gasteiger partial charge in [-0.3, -0.25) is 4.79 Å². The molecule has 13 heavy (non-hydrogen) atoms. The van der Waals surface area contributed by atoms with E-state index >= 15 is 0 Å². The van der Waals surface area contributed by atoms with Crippen LogP contribution in [0.15, 0.2) is 0 Å². The van der Waals surface area contributed by atoms with Crippen molar-refractivity contribution in [2.75, 3.05) is 20.3 Å². The lowest BCUT2D eigenvalue weighted by Gasteiger charge is -2.12. The maximum absolute atomic E-state index is 10.9. The number of hydrogen-bond acceptors (Lipinski definition) is 5. The number of nitrogens with two attached hydrogens (primary N) is 1. The van der Waals surface area contributed by atoms with Crippen molar-refractivity contribution in [3.63, 3.8) is 0 Å². The highest BCUT2D eigenvalue weighted by Gasteiger charge is 2.20. The van der Waals surface area contributed by atoms with E-state index in [9.17, 15) is 4.79 Å². The fourth-order valence-corrected chi connectivity index (χ4v) is 1.16. The van der Waals surface area contributed by atoms with Crippen LogP contribution in [0.3, 0.4) is 0 Å². The molecule has 0 aromatic heterocycles. The van der Waals surface area contributed by atoms with Gasteiger partial charge in [0.1, 0.15) is 6.04 Å². The van der Waals surface area contributed by atoms with Gasteiger partial charge in [0.05, 0.1) is 20.3 Å². The van der Waals surface area contributed by atoms with E-state index in [0.717, 1.165) is 0 Å². The number of methoxy groups -OCH3 is 1. The molecule has 0 aromatic rings. The Kier molecular flexibility index (Phi) is 4.14. The van der Waals surface area contributed by atoms with Crippen LogP contribution in [0, 0.1) is 0 Å². The van der Waals surface area contributed by atoms with E-state index in [4.69, 9.17) is 15.2 Å². The Morgan fingerprint density at radius 3 is 2.77 bits per heavy atom. The molecule has 0 aliphatic carbocycles. The van der Waals surface area contributed by atoms with Crippen molar-refractivity contribution in [1.29, 1.82) is 0 Å². The first kappa shape index (κ1) is 10.4. The Balaban J connectivity index is 2.13. The molecule has 0 unspecified atom stereocenters. The summed E-state index contributed by atoms with van der Waals surface area (Å²) in [5.41, 5.74) is 5.52. The number of rotatable bonds is 4. The van der Waals surface area contributed by atoms with Crippen molar-refractivity contribution in [3.8, 4) is 0 Å².